The number of aryl methyl sites for hydroxylation is 1. The van der Waals surface area contributed by atoms with Gasteiger partial charge >= 0.3 is 0 Å². The Morgan fingerprint density at radius 3 is 2.85 bits per heavy atom. The highest BCUT2D eigenvalue weighted by Crippen LogP contribution is 2.20. The quantitative estimate of drug-likeness (QED) is 0.607. The third kappa shape index (κ3) is 1.49. The van der Waals surface area contributed by atoms with E-state index in [1.54, 1.807) is 6.92 Å². The molecule has 1 saturated carbocycles. The van der Waals surface area contributed by atoms with E-state index in [9.17, 15) is 4.79 Å². The number of nitrogens with zero attached hydrogens (tertiary/aromatic N) is 1. The molecular formula is C8H12N4O. The number of amides is 1. The van der Waals surface area contributed by atoms with Gasteiger partial charge in [-0.2, -0.15) is 5.10 Å². The maximum atomic E-state index is 11.5. The minimum Gasteiger partial charge on any atom is -0.395 e. The molecule has 5 heteroatoms. The maximum Gasteiger partial charge on any atom is 0.274 e. The molecule has 0 saturated heterocycles. The molecule has 2 rings (SSSR count). The zero-order valence-corrected chi connectivity index (χ0v) is 7.42. The lowest BCUT2D eigenvalue weighted by Gasteiger charge is -1.99. The van der Waals surface area contributed by atoms with E-state index in [0.29, 0.717) is 17.4 Å². The monoisotopic (exact) mass is 180 g/mol. The number of anilines is 1. The van der Waals surface area contributed by atoms with Gasteiger partial charge < -0.3 is 11.1 Å². The van der Waals surface area contributed by atoms with Crippen LogP contribution in [0.25, 0.3) is 0 Å². The number of rotatable bonds is 2. The van der Waals surface area contributed by atoms with Crippen molar-refractivity contribution in [2.45, 2.75) is 25.8 Å². The van der Waals surface area contributed by atoms with Crippen LogP contribution in [0, 0.1) is 6.92 Å². The smallest absolute Gasteiger partial charge is 0.274 e. The standard InChI is InChI=1S/C8H12N4O/c1-4-6(9)7(12-11-4)8(13)10-5-2-3-5/h5H,2-3,9H2,1H3,(H,10,13)(H,11,12). The molecule has 0 spiro atoms. The summed E-state index contributed by atoms with van der Waals surface area (Å²) in [6.45, 7) is 1.79. The van der Waals surface area contributed by atoms with Gasteiger partial charge in [-0.05, 0) is 19.8 Å². The maximum absolute atomic E-state index is 11.5. The Morgan fingerprint density at radius 2 is 2.38 bits per heavy atom. The van der Waals surface area contributed by atoms with E-state index in [-0.39, 0.29) is 5.91 Å². The summed E-state index contributed by atoms with van der Waals surface area (Å²) in [5.41, 5.74) is 7.13. The lowest BCUT2D eigenvalue weighted by Crippen LogP contribution is -2.26. The van der Waals surface area contributed by atoms with Crippen LogP contribution >= 0.6 is 0 Å². The fourth-order valence-electron chi connectivity index (χ4n) is 1.09. The van der Waals surface area contributed by atoms with E-state index in [1.165, 1.54) is 0 Å². The molecule has 70 valence electrons. The number of H-pyrrole nitrogens is 1. The first-order chi connectivity index (χ1) is 6.18. The zero-order valence-electron chi connectivity index (χ0n) is 7.42. The van der Waals surface area contributed by atoms with Crippen molar-refractivity contribution in [1.82, 2.24) is 15.5 Å². The topological polar surface area (TPSA) is 83.8 Å². The van der Waals surface area contributed by atoms with Crippen LogP contribution in [-0.2, 0) is 0 Å². The van der Waals surface area contributed by atoms with Crippen LogP contribution in [-0.4, -0.2) is 22.1 Å². The lowest BCUT2D eigenvalue weighted by atomic mass is 10.3. The van der Waals surface area contributed by atoms with Crippen LogP contribution < -0.4 is 11.1 Å². The van der Waals surface area contributed by atoms with Crippen molar-refractivity contribution in [2.24, 2.45) is 0 Å². The molecule has 0 radical (unpaired) electrons. The van der Waals surface area contributed by atoms with Gasteiger partial charge in [0.05, 0.1) is 11.4 Å². The highest BCUT2D eigenvalue weighted by atomic mass is 16.2. The van der Waals surface area contributed by atoms with Gasteiger partial charge in [0.15, 0.2) is 5.69 Å². The Kier molecular flexibility index (Phi) is 1.72. The summed E-state index contributed by atoms with van der Waals surface area (Å²) in [7, 11) is 0. The molecule has 5 nitrogen and oxygen atoms in total. The zero-order chi connectivity index (χ0) is 9.42. The molecule has 4 N–H and O–H groups in total. The SMILES string of the molecule is Cc1[nH]nc(C(=O)NC2CC2)c1N. The van der Waals surface area contributed by atoms with Crippen molar-refractivity contribution >= 4 is 11.6 Å². The fraction of sp³-hybridized carbons (Fsp3) is 0.500. The minimum atomic E-state index is -0.177. The molecule has 1 aromatic rings. The van der Waals surface area contributed by atoms with Gasteiger partial charge in [-0.25, -0.2) is 0 Å². The predicted molar refractivity (Wildman–Crippen MR) is 48.2 cm³/mol. The largest absolute Gasteiger partial charge is 0.395 e. The normalized spacial score (nSPS) is 15.8. The number of nitrogens with two attached hydrogens (primary N) is 1. The summed E-state index contributed by atoms with van der Waals surface area (Å²) >= 11 is 0. The van der Waals surface area contributed by atoms with Gasteiger partial charge in [0.2, 0.25) is 0 Å². The van der Waals surface area contributed by atoms with Crippen LogP contribution in [0.3, 0.4) is 0 Å². The number of aromatic amines is 1. The second kappa shape index (κ2) is 2.76. The Bertz CT molecular complexity index is 340. The molecule has 0 aliphatic heterocycles. The number of aromatic nitrogens is 2. The summed E-state index contributed by atoms with van der Waals surface area (Å²) in [6.07, 6.45) is 2.13. The second-order valence-electron chi connectivity index (χ2n) is 3.36. The van der Waals surface area contributed by atoms with Crippen molar-refractivity contribution in [1.29, 1.82) is 0 Å². The fourth-order valence-corrected chi connectivity index (χ4v) is 1.09. The molecule has 0 unspecified atom stereocenters. The summed E-state index contributed by atoms with van der Waals surface area (Å²) < 4.78 is 0. The van der Waals surface area contributed by atoms with E-state index < -0.39 is 0 Å². The van der Waals surface area contributed by atoms with E-state index >= 15 is 0 Å². The van der Waals surface area contributed by atoms with E-state index in [2.05, 4.69) is 15.5 Å². The van der Waals surface area contributed by atoms with Crippen LogP contribution in [0.4, 0.5) is 5.69 Å². The third-order valence-corrected chi connectivity index (χ3v) is 2.12. The van der Waals surface area contributed by atoms with E-state index in [0.717, 1.165) is 18.5 Å². The van der Waals surface area contributed by atoms with Crippen molar-refractivity contribution in [2.75, 3.05) is 5.73 Å². The molecule has 1 aliphatic carbocycles. The summed E-state index contributed by atoms with van der Waals surface area (Å²) in [4.78, 5) is 11.5. The first-order valence-electron chi connectivity index (χ1n) is 4.30. The lowest BCUT2D eigenvalue weighted by molar-refractivity contribution is 0.0947. The van der Waals surface area contributed by atoms with Crippen LogP contribution in [0.15, 0.2) is 0 Å². The number of hydrogen-bond donors (Lipinski definition) is 3. The first-order valence-corrected chi connectivity index (χ1v) is 4.30. The average molecular weight is 180 g/mol. The molecular weight excluding hydrogens is 168 g/mol. The molecule has 0 bridgehead atoms. The second-order valence-corrected chi connectivity index (χ2v) is 3.36. The molecule has 1 aliphatic rings. The Balaban J connectivity index is 2.14. The Hall–Kier alpha value is -1.52. The number of nitrogen functional groups attached to an aromatic ring is 1. The first kappa shape index (κ1) is 8.10. The summed E-state index contributed by atoms with van der Waals surface area (Å²) in [5.74, 6) is -0.177. The van der Waals surface area contributed by atoms with Gasteiger partial charge in [0.25, 0.3) is 5.91 Å². The highest BCUT2D eigenvalue weighted by Gasteiger charge is 2.25. The Morgan fingerprint density at radius 1 is 1.69 bits per heavy atom. The predicted octanol–water partition coefficient (Wildman–Crippen LogP) is 0.193. The van der Waals surface area contributed by atoms with Gasteiger partial charge in [-0.3, -0.25) is 9.89 Å². The van der Waals surface area contributed by atoms with Crippen molar-refractivity contribution in [3.63, 3.8) is 0 Å². The van der Waals surface area contributed by atoms with Crippen LogP contribution in [0.1, 0.15) is 29.0 Å². The van der Waals surface area contributed by atoms with E-state index in [4.69, 9.17) is 5.73 Å². The van der Waals surface area contributed by atoms with Gasteiger partial charge in [0.1, 0.15) is 0 Å². The molecule has 1 aromatic heterocycles. The third-order valence-electron chi connectivity index (χ3n) is 2.12. The van der Waals surface area contributed by atoms with Crippen molar-refractivity contribution in [3.8, 4) is 0 Å². The van der Waals surface area contributed by atoms with E-state index in [1.807, 2.05) is 0 Å². The number of nitrogens with one attached hydrogen (secondary N) is 2. The number of hydrogen-bond acceptors (Lipinski definition) is 3. The highest BCUT2D eigenvalue weighted by molar-refractivity contribution is 5.97. The Labute approximate surface area is 75.7 Å². The van der Waals surface area contributed by atoms with Crippen molar-refractivity contribution in [3.05, 3.63) is 11.4 Å². The van der Waals surface area contributed by atoms with Gasteiger partial charge in [-0.1, -0.05) is 0 Å². The molecule has 1 amide bonds. The van der Waals surface area contributed by atoms with Gasteiger partial charge in [0, 0.05) is 6.04 Å². The molecule has 1 heterocycles. The number of carbonyl (C=O) groups is 1. The molecule has 1 fully saturated rings. The van der Waals surface area contributed by atoms with Crippen LogP contribution in [0.5, 0.6) is 0 Å². The molecule has 13 heavy (non-hydrogen) atoms. The summed E-state index contributed by atoms with van der Waals surface area (Å²) in [6, 6.07) is 0.337. The molecule has 0 atom stereocenters. The van der Waals surface area contributed by atoms with Crippen molar-refractivity contribution < 1.29 is 4.79 Å². The minimum absolute atomic E-state index is 0.177. The number of carbonyl (C=O) groups excluding carboxylic acids is 1. The average Bonchev–Trinajstić information content (AvgIpc) is 2.82. The van der Waals surface area contributed by atoms with Gasteiger partial charge in [-0.15, -0.1) is 0 Å². The summed E-state index contributed by atoms with van der Waals surface area (Å²) in [5, 5.41) is 9.33. The molecule has 0 aromatic carbocycles. The van der Waals surface area contributed by atoms with Crippen LogP contribution in [0.2, 0.25) is 0 Å².